The van der Waals surface area contributed by atoms with Crippen molar-refractivity contribution >= 4 is 16.6 Å². The second-order valence-corrected chi connectivity index (χ2v) is 8.50. The number of ether oxygens (including phenoxy) is 1. The lowest BCUT2D eigenvalue weighted by Crippen LogP contribution is -2.57. The van der Waals surface area contributed by atoms with Gasteiger partial charge in [-0.05, 0) is 34.7 Å². The van der Waals surface area contributed by atoms with Crippen LogP contribution in [0.25, 0.3) is 10.8 Å². The summed E-state index contributed by atoms with van der Waals surface area (Å²) in [4.78, 5) is 15.7. The summed E-state index contributed by atoms with van der Waals surface area (Å²) in [6.07, 6.45) is 2.36. The van der Waals surface area contributed by atoms with Gasteiger partial charge in [-0.25, -0.2) is 0 Å². The maximum Gasteiger partial charge on any atom is 0.140 e. The number of hydrogen-bond acceptors (Lipinski definition) is 3. The zero-order valence-electron chi connectivity index (χ0n) is 16.7. The van der Waals surface area contributed by atoms with Crippen molar-refractivity contribution in [3.63, 3.8) is 0 Å². The number of morpholine rings is 1. The highest BCUT2D eigenvalue weighted by molar-refractivity contribution is 5.87. The molecule has 148 valence electrons. The third-order valence-corrected chi connectivity index (χ3v) is 6.53. The summed E-state index contributed by atoms with van der Waals surface area (Å²) < 4.78 is 5.85. The highest BCUT2D eigenvalue weighted by Gasteiger charge is 2.40. The van der Waals surface area contributed by atoms with Gasteiger partial charge in [0.1, 0.15) is 5.78 Å². The molecule has 2 saturated heterocycles. The number of rotatable bonds is 5. The van der Waals surface area contributed by atoms with E-state index in [4.69, 9.17) is 4.74 Å². The van der Waals surface area contributed by atoms with Gasteiger partial charge >= 0.3 is 0 Å². The number of nitrogens with zero attached hydrogens (tertiary/aromatic N) is 1. The third kappa shape index (κ3) is 3.98. The maximum atomic E-state index is 13.1. The predicted octanol–water partition coefficient (Wildman–Crippen LogP) is 4.63. The Balaban J connectivity index is 1.28. The average molecular weight is 386 g/mol. The highest BCUT2D eigenvalue weighted by Crippen LogP contribution is 2.34. The number of fused-ring (bicyclic) bond motifs is 3. The first-order chi connectivity index (χ1) is 14.3. The van der Waals surface area contributed by atoms with E-state index in [1.807, 2.05) is 0 Å². The van der Waals surface area contributed by atoms with E-state index in [0.29, 0.717) is 24.3 Å². The molecule has 3 aromatic rings. The molecule has 2 heterocycles. The molecule has 0 aliphatic carbocycles. The monoisotopic (exact) mass is 385 g/mol. The van der Waals surface area contributed by atoms with Crippen LogP contribution in [-0.4, -0.2) is 36.0 Å². The van der Waals surface area contributed by atoms with Gasteiger partial charge in [-0.3, -0.25) is 9.69 Å². The summed E-state index contributed by atoms with van der Waals surface area (Å²) in [6.45, 7) is 2.43. The van der Waals surface area contributed by atoms with Crippen LogP contribution < -0.4 is 0 Å². The molecule has 3 nitrogen and oxygen atoms in total. The SMILES string of the molecule is O=C(Cc1ccc2ccccc2c1)C1CC2COCC(C1)N2Cc1ccccc1. The van der Waals surface area contributed by atoms with Gasteiger partial charge in [-0.1, -0.05) is 72.8 Å². The molecule has 0 radical (unpaired) electrons. The Hall–Kier alpha value is -2.49. The van der Waals surface area contributed by atoms with Crippen molar-refractivity contribution in [2.45, 2.75) is 37.9 Å². The first-order valence-electron chi connectivity index (χ1n) is 10.6. The van der Waals surface area contributed by atoms with Gasteiger partial charge in [0.25, 0.3) is 0 Å². The zero-order chi connectivity index (χ0) is 19.6. The number of piperidine rings is 1. The molecule has 0 N–H and O–H groups in total. The molecule has 2 unspecified atom stereocenters. The van der Waals surface area contributed by atoms with Crippen molar-refractivity contribution < 1.29 is 9.53 Å². The molecule has 2 aliphatic heterocycles. The largest absolute Gasteiger partial charge is 0.378 e. The van der Waals surface area contributed by atoms with Crippen LogP contribution in [0, 0.1) is 5.92 Å². The summed E-state index contributed by atoms with van der Waals surface area (Å²) >= 11 is 0. The van der Waals surface area contributed by atoms with Crippen molar-refractivity contribution in [3.05, 3.63) is 83.9 Å². The van der Waals surface area contributed by atoms with E-state index in [0.717, 1.165) is 38.2 Å². The van der Waals surface area contributed by atoms with E-state index in [1.54, 1.807) is 0 Å². The summed E-state index contributed by atoms with van der Waals surface area (Å²) in [7, 11) is 0. The van der Waals surface area contributed by atoms with Crippen molar-refractivity contribution in [1.29, 1.82) is 0 Å². The summed E-state index contributed by atoms with van der Waals surface area (Å²) in [6, 6.07) is 26.1. The lowest BCUT2D eigenvalue weighted by Gasteiger charge is -2.48. The van der Waals surface area contributed by atoms with Crippen LogP contribution in [0.5, 0.6) is 0 Å². The van der Waals surface area contributed by atoms with Crippen LogP contribution in [0.2, 0.25) is 0 Å². The molecule has 0 amide bonds. The van der Waals surface area contributed by atoms with E-state index in [1.165, 1.54) is 16.3 Å². The van der Waals surface area contributed by atoms with Crippen LogP contribution in [0.3, 0.4) is 0 Å². The zero-order valence-corrected chi connectivity index (χ0v) is 16.7. The normalized spacial score (nSPS) is 24.5. The van der Waals surface area contributed by atoms with Crippen LogP contribution in [-0.2, 0) is 22.5 Å². The molecule has 0 spiro atoms. The molecular weight excluding hydrogens is 358 g/mol. The van der Waals surface area contributed by atoms with Crippen molar-refractivity contribution in [3.8, 4) is 0 Å². The predicted molar refractivity (Wildman–Crippen MR) is 116 cm³/mol. The van der Waals surface area contributed by atoms with Gasteiger partial charge in [0, 0.05) is 31.0 Å². The fourth-order valence-corrected chi connectivity index (χ4v) is 5.00. The second kappa shape index (κ2) is 8.10. The van der Waals surface area contributed by atoms with E-state index in [9.17, 15) is 4.79 Å². The van der Waals surface area contributed by atoms with Crippen LogP contribution >= 0.6 is 0 Å². The molecule has 5 rings (SSSR count). The average Bonchev–Trinajstić information content (AvgIpc) is 2.74. The summed E-state index contributed by atoms with van der Waals surface area (Å²) in [5.74, 6) is 0.531. The Morgan fingerprint density at radius 1 is 0.828 bits per heavy atom. The van der Waals surface area contributed by atoms with Gasteiger partial charge in [-0.2, -0.15) is 0 Å². The molecule has 3 heteroatoms. The van der Waals surface area contributed by atoms with E-state index < -0.39 is 0 Å². The minimum Gasteiger partial charge on any atom is -0.378 e. The molecule has 3 aromatic carbocycles. The fourth-order valence-electron chi connectivity index (χ4n) is 5.00. The molecule has 29 heavy (non-hydrogen) atoms. The number of carbonyl (C=O) groups excluding carboxylic acids is 1. The molecule has 2 bridgehead atoms. The first kappa shape index (κ1) is 18.5. The van der Waals surface area contributed by atoms with Crippen molar-refractivity contribution in [1.82, 2.24) is 4.90 Å². The summed E-state index contributed by atoms with van der Waals surface area (Å²) in [5.41, 5.74) is 2.46. The number of ketones is 1. The Kier molecular flexibility index (Phi) is 5.17. The van der Waals surface area contributed by atoms with Gasteiger partial charge in [0.05, 0.1) is 13.2 Å². The quantitative estimate of drug-likeness (QED) is 0.641. The Morgan fingerprint density at radius 2 is 1.52 bits per heavy atom. The standard InChI is InChI=1S/C26H27NO2/c28-26(13-20-10-11-21-8-4-5-9-22(21)12-20)23-14-24-17-29-18-25(15-23)27(24)16-19-6-2-1-3-7-19/h1-12,23-25H,13-18H2. The lowest BCUT2D eigenvalue weighted by atomic mass is 9.80. The van der Waals surface area contributed by atoms with Crippen LogP contribution in [0.4, 0.5) is 0 Å². The maximum absolute atomic E-state index is 13.1. The Bertz CT molecular complexity index is 986. The molecule has 2 fully saturated rings. The van der Waals surface area contributed by atoms with Gasteiger partial charge in [0.2, 0.25) is 0 Å². The highest BCUT2D eigenvalue weighted by atomic mass is 16.5. The van der Waals surface area contributed by atoms with Crippen LogP contribution in [0.15, 0.2) is 72.8 Å². The number of Topliss-reactive ketones (excluding diaryl/α,β-unsaturated/α-hetero) is 1. The van der Waals surface area contributed by atoms with E-state index >= 15 is 0 Å². The van der Waals surface area contributed by atoms with Gasteiger partial charge in [-0.15, -0.1) is 0 Å². The van der Waals surface area contributed by atoms with E-state index in [-0.39, 0.29) is 5.92 Å². The fraction of sp³-hybridized carbons (Fsp3) is 0.346. The molecular formula is C26H27NO2. The molecule has 0 aromatic heterocycles. The topological polar surface area (TPSA) is 29.5 Å². The number of benzene rings is 3. The minimum absolute atomic E-state index is 0.146. The Morgan fingerprint density at radius 3 is 2.28 bits per heavy atom. The second-order valence-electron chi connectivity index (χ2n) is 8.50. The van der Waals surface area contributed by atoms with Crippen molar-refractivity contribution in [2.75, 3.05) is 13.2 Å². The molecule has 2 aliphatic rings. The Labute approximate surface area is 172 Å². The number of carbonyl (C=O) groups is 1. The van der Waals surface area contributed by atoms with Crippen molar-refractivity contribution in [2.24, 2.45) is 5.92 Å². The van der Waals surface area contributed by atoms with Gasteiger partial charge in [0.15, 0.2) is 0 Å². The minimum atomic E-state index is 0.146. The third-order valence-electron chi connectivity index (χ3n) is 6.53. The smallest absolute Gasteiger partial charge is 0.140 e. The van der Waals surface area contributed by atoms with E-state index in [2.05, 4.69) is 77.7 Å². The van der Waals surface area contributed by atoms with Crippen LogP contribution in [0.1, 0.15) is 24.0 Å². The molecule has 0 saturated carbocycles. The lowest BCUT2D eigenvalue weighted by molar-refractivity contribution is -0.133. The number of hydrogen-bond donors (Lipinski definition) is 0. The first-order valence-corrected chi connectivity index (χ1v) is 10.6. The summed E-state index contributed by atoms with van der Waals surface area (Å²) in [5, 5.41) is 2.44. The molecule has 2 atom stereocenters. The van der Waals surface area contributed by atoms with Gasteiger partial charge < -0.3 is 4.74 Å².